The van der Waals surface area contributed by atoms with Gasteiger partial charge in [0.2, 0.25) is 0 Å². The molecule has 0 saturated heterocycles. The lowest BCUT2D eigenvalue weighted by atomic mass is 9.92. The molecule has 0 aliphatic heterocycles. The summed E-state index contributed by atoms with van der Waals surface area (Å²) in [4.78, 5) is 11.4. The summed E-state index contributed by atoms with van der Waals surface area (Å²) >= 11 is 5.78. The first-order chi connectivity index (χ1) is 7.15. The van der Waals surface area contributed by atoms with E-state index >= 15 is 0 Å². The van der Waals surface area contributed by atoms with Gasteiger partial charge in [-0.3, -0.25) is 4.79 Å². The Morgan fingerprint density at radius 3 is 2.00 bits per heavy atom. The van der Waals surface area contributed by atoms with Gasteiger partial charge in [0.1, 0.15) is 5.78 Å². The lowest BCUT2D eigenvalue weighted by Gasteiger charge is -2.10. The summed E-state index contributed by atoms with van der Waals surface area (Å²) in [6, 6.07) is 7.60. The summed E-state index contributed by atoms with van der Waals surface area (Å²) in [5.41, 5.74) is 0.953. The third-order valence-electron chi connectivity index (χ3n) is 2.82. The molecule has 2 heteroatoms. The number of carbonyl (C=O) groups excluding carboxylic acids is 1. The molecule has 0 bridgehead atoms. The van der Waals surface area contributed by atoms with E-state index in [1.165, 1.54) is 0 Å². The van der Waals surface area contributed by atoms with Gasteiger partial charge in [-0.25, -0.2) is 0 Å². The second-order valence-corrected chi connectivity index (χ2v) is 4.08. The zero-order chi connectivity index (χ0) is 11.5. The van der Waals surface area contributed by atoms with Crippen LogP contribution < -0.4 is 0 Å². The Hall–Kier alpha value is -0.820. The van der Waals surface area contributed by atoms with Crippen molar-refractivity contribution in [3.05, 3.63) is 34.9 Å². The van der Waals surface area contributed by atoms with Crippen molar-refractivity contribution in [3.8, 4) is 0 Å². The Labute approximate surface area is 96.5 Å². The minimum Gasteiger partial charge on any atom is -0.299 e. The van der Waals surface area contributed by atoms with Crippen molar-refractivity contribution in [2.45, 2.75) is 39.0 Å². The highest BCUT2D eigenvalue weighted by Crippen LogP contribution is 2.48. The first kappa shape index (κ1) is 12.3. The molecule has 0 unspecified atom stereocenters. The molecule has 0 N–H and O–H groups in total. The molecule has 1 fully saturated rings. The summed E-state index contributed by atoms with van der Waals surface area (Å²) < 4.78 is 0. The number of rotatable bonds is 2. The van der Waals surface area contributed by atoms with Gasteiger partial charge in [0.05, 0.1) is 5.41 Å². The molecule has 1 aromatic carbocycles. The van der Waals surface area contributed by atoms with Crippen LogP contribution in [0.2, 0.25) is 5.02 Å². The zero-order valence-corrected chi connectivity index (χ0v) is 10.3. The van der Waals surface area contributed by atoms with E-state index in [9.17, 15) is 4.79 Å². The normalized spacial score (nSPS) is 16.3. The van der Waals surface area contributed by atoms with E-state index in [1.807, 2.05) is 38.1 Å². The van der Waals surface area contributed by atoms with Gasteiger partial charge in [-0.1, -0.05) is 37.6 Å². The Balaban J connectivity index is 0.000000531. The van der Waals surface area contributed by atoms with Crippen LogP contribution in [0.1, 0.15) is 39.2 Å². The summed E-state index contributed by atoms with van der Waals surface area (Å²) in [6.07, 6.45) is 1.98. The van der Waals surface area contributed by atoms with Crippen LogP contribution >= 0.6 is 11.6 Å². The summed E-state index contributed by atoms with van der Waals surface area (Å²) in [5, 5.41) is 0.725. The van der Waals surface area contributed by atoms with Crippen molar-refractivity contribution in [1.29, 1.82) is 0 Å². The van der Waals surface area contributed by atoms with Gasteiger partial charge >= 0.3 is 0 Å². The molecule has 0 amide bonds. The average molecular weight is 225 g/mol. The van der Waals surface area contributed by atoms with Crippen molar-refractivity contribution in [1.82, 2.24) is 0 Å². The van der Waals surface area contributed by atoms with Crippen molar-refractivity contribution in [3.63, 3.8) is 0 Å². The molecule has 15 heavy (non-hydrogen) atoms. The lowest BCUT2D eigenvalue weighted by Crippen LogP contribution is -2.16. The SMILES string of the molecule is CC.CC(=O)C1(c2ccc(Cl)cc2)CC1. The van der Waals surface area contributed by atoms with Crippen LogP contribution in [0.3, 0.4) is 0 Å². The Morgan fingerprint density at radius 2 is 1.67 bits per heavy atom. The monoisotopic (exact) mass is 224 g/mol. The number of halogens is 1. The number of ketones is 1. The molecule has 1 aromatic rings. The second-order valence-electron chi connectivity index (χ2n) is 3.65. The molecule has 1 nitrogen and oxygen atoms in total. The van der Waals surface area contributed by atoms with Crippen molar-refractivity contribution in [2.75, 3.05) is 0 Å². The molecular formula is C13H17ClO. The predicted molar refractivity (Wildman–Crippen MR) is 64.4 cm³/mol. The number of hydrogen-bond donors (Lipinski definition) is 0. The Morgan fingerprint density at radius 1 is 1.20 bits per heavy atom. The third-order valence-corrected chi connectivity index (χ3v) is 3.07. The standard InChI is InChI=1S/C11H11ClO.C2H6/c1-8(13)11(6-7-11)9-2-4-10(12)5-3-9;1-2/h2-5H,6-7H2,1H3;1-2H3. The number of carbonyl (C=O) groups is 1. The van der Waals surface area contributed by atoms with Crippen molar-refractivity contribution >= 4 is 17.4 Å². The number of Topliss-reactive ketones (excluding diaryl/α,β-unsaturated/α-hetero) is 1. The highest BCUT2D eigenvalue weighted by Gasteiger charge is 2.48. The fourth-order valence-electron chi connectivity index (χ4n) is 1.74. The van der Waals surface area contributed by atoms with E-state index in [1.54, 1.807) is 6.92 Å². The number of hydrogen-bond acceptors (Lipinski definition) is 1. The van der Waals surface area contributed by atoms with Crippen LogP contribution in [0.25, 0.3) is 0 Å². The molecule has 0 spiro atoms. The van der Waals surface area contributed by atoms with E-state index in [4.69, 9.17) is 11.6 Å². The highest BCUT2D eigenvalue weighted by atomic mass is 35.5. The highest BCUT2D eigenvalue weighted by molar-refractivity contribution is 6.30. The first-order valence-electron chi connectivity index (χ1n) is 5.42. The van der Waals surface area contributed by atoms with Crippen LogP contribution in [-0.4, -0.2) is 5.78 Å². The molecule has 2 rings (SSSR count). The minimum absolute atomic E-state index is 0.162. The molecular weight excluding hydrogens is 208 g/mol. The van der Waals surface area contributed by atoms with Gasteiger partial charge in [0, 0.05) is 5.02 Å². The maximum absolute atomic E-state index is 11.4. The van der Waals surface area contributed by atoms with Crippen LogP contribution in [0.15, 0.2) is 24.3 Å². The molecule has 0 atom stereocenters. The van der Waals surface area contributed by atoms with Gasteiger partial charge < -0.3 is 0 Å². The molecule has 0 heterocycles. The molecule has 1 saturated carbocycles. The third kappa shape index (κ3) is 2.40. The van der Waals surface area contributed by atoms with E-state index < -0.39 is 0 Å². The molecule has 1 aliphatic rings. The fourth-order valence-corrected chi connectivity index (χ4v) is 1.86. The zero-order valence-electron chi connectivity index (χ0n) is 9.51. The maximum Gasteiger partial charge on any atom is 0.140 e. The van der Waals surface area contributed by atoms with Gasteiger partial charge in [-0.05, 0) is 37.5 Å². The van der Waals surface area contributed by atoms with Crippen LogP contribution in [0.5, 0.6) is 0 Å². The van der Waals surface area contributed by atoms with E-state index in [-0.39, 0.29) is 11.2 Å². The quantitative estimate of drug-likeness (QED) is 0.743. The maximum atomic E-state index is 11.4. The summed E-state index contributed by atoms with van der Waals surface area (Å²) in [7, 11) is 0. The molecule has 0 radical (unpaired) electrons. The van der Waals surface area contributed by atoms with Crippen LogP contribution in [0.4, 0.5) is 0 Å². The van der Waals surface area contributed by atoms with Crippen LogP contribution in [-0.2, 0) is 10.2 Å². The first-order valence-corrected chi connectivity index (χ1v) is 5.80. The molecule has 82 valence electrons. The molecule has 0 aromatic heterocycles. The van der Waals surface area contributed by atoms with Gasteiger partial charge in [-0.15, -0.1) is 0 Å². The van der Waals surface area contributed by atoms with Gasteiger partial charge in [0.25, 0.3) is 0 Å². The van der Waals surface area contributed by atoms with Crippen molar-refractivity contribution in [2.24, 2.45) is 0 Å². The fraction of sp³-hybridized carbons (Fsp3) is 0.462. The summed E-state index contributed by atoms with van der Waals surface area (Å²) in [5.74, 6) is 0.273. The Kier molecular flexibility index (Phi) is 3.92. The van der Waals surface area contributed by atoms with Gasteiger partial charge in [0.15, 0.2) is 0 Å². The van der Waals surface area contributed by atoms with Crippen molar-refractivity contribution < 1.29 is 4.79 Å². The van der Waals surface area contributed by atoms with Gasteiger partial charge in [-0.2, -0.15) is 0 Å². The smallest absolute Gasteiger partial charge is 0.140 e. The lowest BCUT2D eigenvalue weighted by molar-refractivity contribution is -0.119. The number of benzene rings is 1. The minimum atomic E-state index is -0.162. The van der Waals surface area contributed by atoms with E-state index in [2.05, 4.69) is 0 Å². The Bertz CT molecular complexity index is 336. The summed E-state index contributed by atoms with van der Waals surface area (Å²) in [6.45, 7) is 5.67. The average Bonchev–Trinajstić information content (AvgIpc) is 3.03. The molecule has 1 aliphatic carbocycles. The second kappa shape index (κ2) is 4.80. The largest absolute Gasteiger partial charge is 0.299 e. The predicted octanol–water partition coefficient (Wildman–Crippen LogP) is 3.99. The van der Waals surface area contributed by atoms with Crippen LogP contribution in [0, 0.1) is 0 Å². The van der Waals surface area contributed by atoms with E-state index in [0.717, 1.165) is 23.4 Å². The van der Waals surface area contributed by atoms with E-state index in [0.29, 0.717) is 0 Å². The topological polar surface area (TPSA) is 17.1 Å².